The number of anilines is 1. The van der Waals surface area contributed by atoms with E-state index in [9.17, 15) is 4.79 Å². The van der Waals surface area contributed by atoms with Gasteiger partial charge >= 0.3 is 6.03 Å². The molecular formula is C17H27N3O3. The number of ether oxygens (including phenoxy) is 2. The molecule has 0 saturated carbocycles. The van der Waals surface area contributed by atoms with E-state index in [4.69, 9.17) is 9.47 Å². The SMILES string of the molecule is COCCN1CCC(CNC(=O)Nc2cccc(OC)c2)CC1. The van der Waals surface area contributed by atoms with Crippen molar-refractivity contribution in [2.75, 3.05) is 52.3 Å². The van der Waals surface area contributed by atoms with E-state index in [2.05, 4.69) is 15.5 Å². The monoisotopic (exact) mass is 321 g/mol. The predicted octanol–water partition coefficient (Wildman–Crippen LogP) is 2.18. The van der Waals surface area contributed by atoms with Gasteiger partial charge in [0.2, 0.25) is 0 Å². The fourth-order valence-electron chi connectivity index (χ4n) is 2.75. The first-order valence-corrected chi connectivity index (χ1v) is 8.11. The Labute approximate surface area is 138 Å². The van der Waals surface area contributed by atoms with Gasteiger partial charge in [0.05, 0.1) is 13.7 Å². The lowest BCUT2D eigenvalue weighted by atomic mass is 9.97. The molecular weight excluding hydrogens is 294 g/mol. The van der Waals surface area contributed by atoms with Crippen molar-refractivity contribution in [2.24, 2.45) is 5.92 Å². The second-order valence-electron chi connectivity index (χ2n) is 5.84. The molecule has 1 aliphatic heterocycles. The van der Waals surface area contributed by atoms with Gasteiger partial charge in [-0.05, 0) is 44.0 Å². The summed E-state index contributed by atoms with van der Waals surface area (Å²) in [6.45, 7) is 4.65. The predicted molar refractivity (Wildman–Crippen MR) is 91.1 cm³/mol. The van der Waals surface area contributed by atoms with E-state index in [1.54, 1.807) is 20.3 Å². The number of carbonyl (C=O) groups is 1. The van der Waals surface area contributed by atoms with Crippen molar-refractivity contribution in [3.8, 4) is 5.75 Å². The van der Waals surface area contributed by atoms with Crippen molar-refractivity contribution in [3.05, 3.63) is 24.3 Å². The van der Waals surface area contributed by atoms with E-state index >= 15 is 0 Å². The number of rotatable bonds is 7. The van der Waals surface area contributed by atoms with Crippen LogP contribution < -0.4 is 15.4 Å². The lowest BCUT2D eigenvalue weighted by Crippen LogP contribution is -2.40. The molecule has 0 aromatic heterocycles. The summed E-state index contributed by atoms with van der Waals surface area (Å²) >= 11 is 0. The molecule has 1 aromatic carbocycles. The van der Waals surface area contributed by atoms with Gasteiger partial charge in [0.25, 0.3) is 0 Å². The van der Waals surface area contributed by atoms with Crippen LogP contribution in [0.15, 0.2) is 24.3 Å². The van der Waals surface area contributed by atoms with Crippen molar-refractivity contribution in [3.63, 3.8) is 0 Å². The molecule has 0 aliphatic carbocycles. The minimum Gasteiger partial charge on any atom is -0.497 e. The van der Waals surface area contributed by atoms with E-state index in [1.807, 2.05) is 18.2 Å². The summed E-state index contributed by atoms with van der Waals surface area (Å²) in [5, 5.41) is 5.80. The van der Waals surface area contributed by atoms with Crippen LogP contribution in [0.25, 0.3) is 0 Å². The quantitative estimate of drug-likeness (QED) is 0.808. The molecule has 23 heavy (non-hydrogen) atoms. The number of hydrogen-bond donors (Lipinski definition) is 2. The number of hydrogen-bond acceptors (Lipinski definition) is 4. The van der Waals surface area contributed by atoms with Crippen LogP contribution in [0, 0.1) is 5.92 Å². The number of benzene rings is 1. The van der Waals surface area contributed by atoms with Crippen molar-refractivity contribution >= 4 is 11.7 Å². The molecule has 2 amide bonds. The average molecular weight is 321 g/mol. The van der Waals surface area contributed by atoms with Gasteiger partial charge in [0.1, 0.15) is 5.75 Å². The molecule has 0 spiro atoms. The number of nitrogens with zero attached hydrogens (tertiary/aromatic N) is 1. The molecule has 6 heteroatoms. The van der Waals surface area contributed by atoms with Crippen molar-refractivity contribution in [1.29, 1.82) is 0 Å². The normalized spacial score (nSPS) is 16.1. The molecule has 0 radical (unpaired) electrons. The molecule has 1 aliphatic rings. The Bertz CT molecular complexity index is 488. The first kappa shape index (κ1) is 17.6. The number of amides is 2. The van der Waals surface area contributed by atoms with Crippen molar-refractivity contribution < 1.29 is 14.3 Å². The lowest BCUT2D eigenvalue weighted by molar-refractivity contribution is 0.120. The molecule has 6 nitrogen and oxygen atoms in total. The van der Waals surface area contributed by atoms with Crippen molar-refractivity contribution in [2.45, 2.75) is 12.8 Å². The Balaban J connectivity index is 1.67. The largest absolute Gasteiger partial charge is 0.497 e. The zero-order valence-corrected chi connectivity index (χ0v) is 14.0. The fourth-order valence-corrected chi connectivity index (χ4v) is 2.75. The van der Waals surface area contributed by atoms with Crippen LogP contribution in [0.3, 0.4) is 0 Å². The molecule has 0 atom stereocenters. The van der Waals surface area contributed by atoms with Crippen LogP contribution in [-0.4, -0.2) is 57.9 Å². The van der Waals surface area contributed by atoms with E-state index in [0.717, 1.165) is 50.5 Å². The summed E-state index contributed by atoms with van der Waals surface area (Å²) < 4.78 is 10.3. The number of methoxy groups -OCH3 is 2. The standard InChI is InChI=1S/C17H27N3O3/c1-22-11-10-20-8-6-14(7-9-20)13-18-17(21)19-15-4-3-5-16(12-15)23-2/h3-5,12,14H,6-11,13H2,1-2H3,(H2,18,19,21). The highest BCUT2D eigenvalue weighted by molar-refractivity contribution is 5.89. The van der Waals surface area contributed by atoms with Gasteiger partial charge in [0.15, 0.2) is 0 Å². The second-order valence-corrected chi connectivity index (χ2v) is 5.84. The summed E-state index contributed by atoms with van der Waals surface area (Å²) in [5.74, 6) is 1.27. The van der Waals surface area contributed by atoms with E-state index < -0.39 is 0 Å². The van der Waals surface area contributed by atoms with Gasteiger partial charge in [0, 0.05) is 32.0 Å². The molecule has 128 valence electrons. The average Bonchev–Trinajstić information content (AvgIpc) is 2.59. The van der Waals surface area contributed by atoms with Crippen LogP contribution in [-0.2, 0) is 4.74 Å². The van der Waals surface area contributed by atoms with E-state index in [1.165, 1.54) is 0 Å². The maximum atomic E-state index is 12.0. The Morgan fingerprint density at radius 1 is 1.30 bits per heavy atom. The van der Waals surface area contributed by atoms with Gasteiger partial charge in [-0.2, -0.15) is 0 Å². The summed E-state index contributed by atoms with van der Waals surface area (Å²) in [7, 11) is 3.34. The third-order valence-corrected chi connectivity index (χ3v) is 4.20. The highest BCUT2D eigenvalue weighted by Crippen LogP contribution is 2.17. The smallest absolute Gasteiger partial charge is 0.319 e. The van der Waals surface area contributed by atoms with E-state index in [-0.39, 0.29) is 6.03 Å². The molecule has 0 bridgehead atoms. The number of likely N-dealkylation sites (tertiary alicyclic amines) is 1. The van der Waals surface area contributed by atoms with Crippen LogP contribution >= 0.6 is 0 Å². The summed E-state index contributed by atoms with van der Waals surface area (Å²) in [6, 6.07) is 7.18. The topological polar surface area (TPSA) is 62.8 Å². The van der Waals surface area contributed by atoms with Gasteiger partial charge in [-0.3, -0.25) is 0 Å². The van der Waals surface area contributed by atoms with Crippen LogP contribution in [0.4, 0.5) is 10.5 Å². The van der Waals surface area contributed by atoms with Crippen LogP contribution in [0.5, 0.6) is 5.75 Å². The van der Waals surface area contributed by atoms with Crippen molar-refractivity contribution in [1.82, 2.24) is 10.2 Å². The maximum absolute atomic E-state index is 12.0. The van der Waals surface area contributed by atoms with Gasteiger partial charge in [-0.15, -0.1) is 0 Å². The molecule has 1 saturated heterocycles. The van der Waals surface area contributed by atoms with Gasteiger partial charge in [-0.25, -0.2) is 4.79 Å². The Morgan fingerprint density at radius 2 is 2.09 bits per heavy atom. The lowest BCUT2D eigenvalue weighted by Gasteiger charge is -2.31. The Morgan fingerprint density at radius 3 is 2.78 bits per heavy atom. The second kappa shape index (κ2) is 9.37. The number of urea groups is 1. The zero-order valence-electron chi connectivity index (χ0n) is 14.0. The minimum absolute atomic E-state index is 0.167. The van der Waals surface area contributed by atoms with E-state index in [0.29, 0.717) is 12.5 Å². The third-order valence-electron chi connectivity index (χ3n) is 4.20. The number of nitrogens with one attached hydrogen (secondary N) is 2. The highest BCUT2D eigenvalue weighted by Gasteiger charge is 2.19. The summed E-state index contributed by atoms with van der Waals surface area (Å²) in [4.78, 5) is 14.4. The van der Waals surface area contributed by atoms with Crippen LogP contribution in [0.1, 0.15) is 12.8 Å². The third kappa shape index (κ3) is 6.08. The molecule has 0 unspecified atom stereocenters. The van der Waals surface area contributed by atoms with Gasteiger partial charge < -0.3 is 25.0 Å². The van der Waals surface area contributed by atoms with Crippen LogP contribution in [0.2, 0.25) is 0 Å². The Kier molecular flexibility index (Phi) is 7.16. The first-order chi connectivity index (χ1) is 11.2. The fraction of sp³-hybridized carbons (Fsp3) is 0.588. The summed E-state index contributed by atoms with van der Waals surface area (Å²) in [5.41, 5.74) is 0.733. The molecule has 1 fully saturated rings. The van der Waals surface area contributed by atoms with Gasteiger partial charge in [-0.1, -0.05) is 6.07 Å². The first-order valence-electron chi connectivity index (χ1n) is 8.11. The number of carbonyl (C=O) groups excluding carboxylic acids is 1. The Hall–Kier alpha value is -1.79. The molecule has 2 rings (SSSR count). The maximum Gasteiger partial charge on any atom is 0.319 e. The summed E-state index contributed by atoms with van der Waals surface area (Å²) in [6.07, 6.45) is 2.23. The molecule has 1 heterocycles. The minimum atomic E-state index is -0.167. The molecule has 1 aromatic rings. The molecule has 2 N–H and O–H groups in total. The number of piperidine rings is 1. The highest BCUT2D eigenvalue weighted by atomic mass is 16.5. The zero-order chi connectivity index (χ0) is 16.5.